The minimum absolute atomic E-state index is 0.123. The van der Waals surface area contributed by atoms with Gasteiger partial charge in [-0.3, -0.25) is 0 Å². The first-order valence-corrected chi connectivity index (χ1v) is 7.61. The van der Waals surface area contributed by atoms with Crippen LogP contribution in [0.15, 0.2) is 29.2 Å². The first kappa shape index (κ1) is 14.0. The van der Waals surface area contributed by atoms with Crippen molar-refractivity contribution in [3.8, 4) is 6.07 Å². The number of benzene rings is 1. The van der Waals surface area contributed by atoms with E-state index in [0.717, 1.165) is 6.42 Å². The molecule has 1 N–H and O–H groups in total. The lowest BCUT2D eigenvalue weighted by atomic mass is 10.0. The molecule has 1 heterocycles. The van der Waals surface area contributed by atoms with Crippen LogP contribution in [0.3, 0.4) is 0 Å². The highest BCUT2D eigenvalue weighted by atomic mass is 32.2. The average Bonchev–Trinajstić information content (AvgIpc) is 2.92. The predicted octanol–water partition coefficient (Wildman–Crippen LogP) is 1.26. The fourth-order valence-corrected chi connectivity index (χ4v) is 3.45. The normalized spacial score (nSPS) is 20.9. The molecule has 1 aromatic rings. The molecule has 6 heteroatoms. The molecule has 2 atom stereocenters. The zero-order valence-electron chi connectivity index (χ0n) is 10.7. The molecule has 1 aromatic carbocycles. The summed E-state index contributed by atoms with van der Waals surface area (Å²) in [6, 6.07) is 7.76. The van der Waals surface area contributed by atoms with Gasteiger partial charge in [-0.05, 0) is 31.5 Å². The fraction of sp³-hybridized carbons (Fsp3) is 0.462. The Morgan fingerprint density at radius 1 is 1.53 bits per heavy atom. The Bertz CT molecular complexity index is 586. The minimum atomic E-state index is -3.59. The second-order valence-corrected chi connectivity index (χ2v) is 6.39. The minimum Gasteiger partial charge on any atom is -0.381 e. The van der Waals surface area contributed by atoms with Crippen LogP contribution in [0, 0.1) is 17.2 Å². The van der Waals surface area contributed by atoms with Crippen LogP contribution in [-0.4, -0.2) is 27.7 Å². The first-order chi connectivity index (χ1) is 9.03. The highest BCUT2D eigenvalue weighted by Crippen LogP contribution is 2.19. The summed E-state index contributed by atoms with van der Waals surface area (Å²) >= 11 is 0. The summed E-state index contributed by atoms with van der Waals surface area (Å²) in [4.78, 5) is 0.123. The Hall–Kier alpha value is -1.42. The SMILES string of the molecule is CC(NS(=O)(=O)c1cccc(C#N)c1)C1CCOC1. The number of nitrogens with one attached hydrogen (secondary N) is 1. The molecule has 2 unspecified atom stereocenters. The lowest BCUT2D eigenvalue weighted by Gasteiger charge is -2.19. The van der Waals surface area contributed by atoms with E-state index in [2.05, 4.69) is 4.72 Å². The van der Waals surface area contributed by atoms with Crippen LogP contribution in [0.4, 0.5) is 0 Å². The van der Waals surface area contributed by atoms with Gasteiger partial charge in [0.25, 0.3) is 0 Å². The summed E-state index contributed by atoms with van der Waals surface area (Å²) in [6.45, 7) is 3.10. The summed E-state index contributed by atoms with van der Waals surface area (Å²) in [5.41, 5.74) is 0.333. The second-order valence-electron chi connectivity index (χ2n) is 4.67. The highest BCUT2D eigenvalue weighted by molar-refractivity contribution is 7.89. The Morgan fingerprint density at radius 3 is 2.95 bits per heavy atom. The number of ether oxygens (including phenoxy) is 1. The lowest BCUT2D eigenvalue weighted by Crippen LogP contribution is -2.38. The fourth-order valence-electron chi connectivity index (χ4n) is 2.09. The smallest absolute Gasteiger partial charge is 0.240 e. The van der Waals surface area contributed by atoms with Gasteiger partial charge in [-0.2, -0.15) is 5.26 Å². The summed E-state index contributed by atoms with van der Waals surface area (Å²) in [7, 11) is -3.59. The Morgan fingerprint density at radius 2 is 2.32 bits per heavy atom. The number of nitrogens with zero attached hydrogens (tertiary/aromatic N) is 1. The molecule has 2 rings (SSSR count). The van der Waals surface area contributed by atoms with Crippen molar-refractivity contribution < 1.29 is 13.2 Å². The molecular weight excluding hydrogens is 264 g/mol. The van der Waals surface area contributed by atoms with E-state index in [1.807, 2.05) is 13.0 Å². The van der Waals surface area contributed by atoms with Crippen molar-refractivity contribution in [1.29, 1.82) is 5.26 Å². The van der Waals surface area contributed by atoms with Gasteiger partial charge >= 0.3 is 0 Å². The number of sulfonamides is 1. The molecule has 0 aliphatic carbocycles. The van der Waals surface area contributed by atoms with Crippen molar-refractivity contribution >= 4 is 10.0 Å². The molecule has 1 aliphatic rings. The molecule has 1 saturated heterocycles. The Labute approximate surface area is 113 Å². The summed E-state index contributed by atoms with van der Waals surface area (Å²) < 4.78 is 32.3. The third-order valence-electron chi connectivity index (χ3n) is 3.29. The standard InChI is InChI=1S/C13H16N2O3S/c1-10(12-5-6-18-9-12)15-19(16,17)13-4-2-3-11(7-13)8-14/h2-4,7,10,12,15H,5-6,9H2,1H3. The average molecular weight is 280 g/mol. The van der Waals surface area contributed by atoms with Crippen molar-refractivity contribution in [2.24, 2.45) is 5.92 Å². The highest BCUT2D eigenvalue weighted by Gasteiger charge is 2.26. The maximum atomic E-state index is 12.2. The van der Waals surface area contributed by atoms with Crippen LogP contribution in [0.5, 0.6) is 0 Å². The van der Waals surface area contributed by atoms with Gasteiger partial charge in [-0.1, -0.05) is 6.07 Å². The maximum Gasteiger partial charge on any atom is 0.240 e. The number of hydrogen-bond acceptors (Lipinski definition) is 4. The van der Waals surface area contributed by atoms with Crippen molar-refractivity contribution in [1.82, 2.24) is 4.72 Å². The van der Waals surface area contributed by atoms with Crippen LogP contribution in [-0.2, 0) is 14.8 Å². The second kappa shape index (κ2) is 5.70. The number of hydrogen-bond donors (Lipinski definition) is 1. The third-order valence-corrected chi connectivity index (χ3v) is 4.84. The van der Waals surface area contributed by atoms with Gasteiger partial charge in [0.15, 0.2) is 0 Å². The monoisotopic (exact) mass is 280 g/mol. The van der Waals surface area contributed by atoms with Crippen molar-refractivity contribution in [2.45, 2.75) is 24.3 Å². The summed E-state index contributed by atoms with van der Waals surface area (Å²) in [5.74, 6) is 0.203. The zero-order valence-corrected chi connectivity index (χ0v) is 11.5. The Kier molecular flexibility index (Phi) is 4.20. The zero-order chi connectivity index (χ0) is 13.9. The van der Waals surface area contributed by atoms with Gasteiger partial charge in [0.2, 0.25) is 10.0 Å². The predicted molar refractivity (Wildman–Crippen MR) is 69.9 cm³/mol. The van der Waals surface area contributed by atoms with Gasteiger partial charge in [0.1, 0.15) is 0 Å². The molecule has 0 saturated carbocycles. The Balaban J connectivity index is 2.15. The number of nitriles is 1. The molecule has 1 fully saturated rings. The van der Waals surface area contributed by atoms with E-state index in [1.54, 1.807) is 12.1 Å². The molecule has 1 aliphatic heterocycles. The third kappa shape index (κ3) is 3.32. The molecule has 0 radical (unpaired) electrons. The molecule has 102 valence electrons. The molecule has 0 spiro atoms. The van der Waals surface area contributed by atoms with Gasteiger partial charge in [-0.25, -0.2) is 13.1 Å². The molecule has 0 bridgehead atoms. The number of rotatable bonds is 4. The van der Waals surface area contributed by atoms with E-state index in [-0.39, 0.29) is 16.9 Å². The van der Waals surface area contributed by atoms with Gasteiger partial charge in [0, 0.05) is 18.6 Å². The molecule has 0 amide bonds. The topological polar surface area (TPSA) is 79.2 Å². The van der Waals surface area contributed by atoms with Crippen molar-refractivity contribution in [3.63, 3.8) is 0 Å². The molecular formula is C13H16N2O3S. The molecule has 5 nitrogen and oxygen atoms in total. The van der Waals surface area contributed by atoms with E-state index in [9.17, 15) is 8.42 Å². The van der Waals surface area contributed by atoms with Crippen LogP contribution in [0.2, 0.25) is 0 Å². The van der Waals surface area contributed by atoms with Crippen molar-refractivity contribution in [3.05, 3.63) is 29.8 Å². The van der Waals surface area contributed by atoms with E-state index in [1.165, 1.54) is 12.1 Å². The summed E-state index contributed by atoms with van der Waals surface area (Å²) in [6.07, 6.45) is 0.863. The van der Waals surface area contributed by atoms with E-state index >= 15 is 0 Å². The van der Waals surface area contributed by atoms with Gasteiger partial charge in [-0.15, -0.1) is 0 Å². The van der Waals surface area contributed by atoms with Gasteiger partial charge < -0.3 is 4.74 Å². The van der Waals surface area contributed by atoms with E-state index < -0.39 is 10.0 Å². The van der Waals surface area contributed by atoms with Crippen LogP contribution in [0.25, 0.3) is 0 Å². The van der Waals surface area contributed by atoms with Crippen molar-refractivity contribution in [2.75, 3.05) is 13.2 Å². The first-order valence-electron chi connectivity index (χ1n) is 6.13. The molecule has 19 heavy (non-hydrogen) atoms. The lowest BCUT2D eigenvalue weighted by molar-refractivity contribution is 0.180. The quantitative estimate of drug-likeness (QED) is 0.900. The van der Waals surface area contributed by atoms with Crippen LogP contribution >= 0.6 is 0 Å². The molecule has 0 aromatic heterocycles. The largest absolute Gasteiger partial charge is 0.381 e. The van der Waals surface area contributed by atoms with Crippen LogP contribution < -0.4 is 4.72 Å². The van der Waals surface area contributed by atoms with E-state index in [0.29, 0.717) is 18.8 Å². The van der Waals surface area contributed by atoms with E-state index in [4.69, 9.17) is 10.00 Å². The summed E-state index contributed by atoms with van der Waals surface area (Å²) in [5, 5.41) is 8.80. The maximum absolute atomic E-state index is 12.2. The van der Waals surface area contributed by atoms with Crippen LogP contribution in [0.1, 0.15) is 18.9 Å². The van der Waals surface area contributed by atoms with Gasteiger partial charge in [0.05, 0.1) is 23.1 Å².